The number of hydrogen-bond acceptors (Lipinski definition) is 14. The molecule has 2 aliphatic carbocycles. The number of amides is 2. The highest BCUT2D eigenvalue weighted by atomic mass is 16.7. The van der Waals surface area contributed by atoms with Gasteiger partial charge in [-0.25, -0.2) is 0 Å². The van der Waals surface area contributed by atoms with E-state index in [9.17, 15) is 49.5 Å². The van der Waals surface area contributed by atoms with E-state index in [1.54, 1.807) is 13.8 Å². The third-order valence-electron chi connectivity index (χ3n) is 9.86. The zero-order valence-corrected chi connectivity index (χ0v) is 28.8. The summed E-state index contributed by atoms with van der Waals surface area (Å²) >= 11 is 0. The number of carbonyl (C=O) groups is 5. The summed E-state index contributed by atoms with van der Waals surface area (Å²) < 4.78 is 17.4. The van der Waals surface area contributed by atoms with Crippen molar-refractivity contribution in [3.05, 3.63) is 51.6 Å². The fraction of sp³-hybridized carbons (Fsp3) is 0.514. The number of ketones is 3. The van der Waals surface area contributed by atoms with Gasteiger partial charge in [-0.15, -0.1) is 0 Å². The first-order valence-electron chi connectivity index (χ1n) is 16.5. The monoisotopic (exact) mass is 713 g/mol. The van der Waals surface area contributed by atoms with Crippen molar-refractivity contribution in [3.63, 3.8) is 0 Å². The molecule has 0 aromatic heterocycles. The molecule has 1 fully saturated rings. The Morgan fingerprint density at radius 1 is 1.06 bits per heavy atom. The van der Waals surface area contributed by atoms with E-state index in [0.717, 1.165) is 0 Å². The van der Waals surface area contributed by atoms with Crippen LogP contribution in [-0.4, -0.2) is 111 Å². The predicted octanol–water partition coefficient (Wildman–Crippen LogP) is -0.353. The third kappa shape index (κ3) is 6.70. The highest BCUT2D eigenvalue weighted by Gasteiger charge is 2.50. The summed E-state index contributed by atoms with van der Waals surface area (Å²) in [6.45, 7) is 5.36. The van der Waals surface area contributed by atoms with E-state index in [-0.39, 0.29) is 40.3 Å². The molecule has 2 aromatic carbocycles. The molecule has 0 spiro atoms. The lowest BCUT2D eigenvalue weighted by Gasteiger charge is -2.43. The smallest absolute Gasteiger partial charge is 0.242 e. The van der Waals surface area contributed by atoms with Crippen molar-refractivity contribution in [1.82, 2.24) is 10.6 Å². The van der Waals surface area contributed by atoms with Gasteiger partial charge in [-0.1, -0.05) is 26.0 Å². The van der Waals surface area contributed by atoms with Gasteiger partial charge >= 0.3 is 0 Å². The number of phenolic OH excluding ortho intramolecular Hbond substituents is 2. The normalized spacial score (nSPS) is 26.7. The van der Waals surface area contributed by atoms with Crippen molar-refractivity contribution < 1.29 is 63.7 Å². The average Bonchev–Trinajstić information content (AvgIpc) is 3.09. The number of Topliss-reactive ketones (excluding diaryl/α,β-unsaturated/α-hetero) is 1. The Balaban J connectivity index is 1.50. The van der Waals surface area contributed by atoms with Crippen LogP contribution in [0.4, 0.5) is 0 Å². The second-order valence-corrected chi connectivity index (χ2v) is 13.6. The molecule has 51 heavy (non-hydrogen) atoms. The number of nitrogens with two attached hydrogens (primary N) is 1. The lowest BCUT2D eigenvalue weighted by molar-refractivity contribution is -0.249. The van der Waals surface area contributed by atoms with Gasteiger partial charge in [-0.05, 0) is 25.8 Å². The van der Waals surface area contributed by atoms with E-state index in [1.165, 1.54) is 39.2 Å². The Labute approximate surface area is 292 Å². The van der Waals surface area contributed by atoms with Crippen LogP contribution in [0.25, 0.3) is 0 Å². The van der Waals surface area contributed by atoms with Crippen LogP contribution in [0.15, 0.2) is 18.2 Å². The van der Waals surface area contributed by atoms with Crippen LogP contribution in [-0.2, 0) is 30.3 Å². The van der Waals surface area contributed by atoms with Gasteiger partial charge in [0.25, 0.3) is 0 Å². The summed E-state index contributed by atoms with van der Waals surface area (Å²) in [6, 6.07) is 1.40. The standard InChI is InChI=1S/C35H43N3O13/c1-13(2)27(36)34(47)37-14(3)33(46)38-18-9-22(50-15(4)28(18)41)51-20-11-35(48,21(40)12-39)10-17-24(20)32(45)26-25(30(17)43)29(42)16-7-6-8-19(49-5)23(16)31(26)44/h6-8,13-15,18,20,22,27-28,39,41,43,45,48H,9-12,36H2,1-5H3,(H,37,47)(H,38,46)/t14-,15-,18-,20-,22-,27-,28+,35-/m0/s1. The molecule has 8 atom stereocenters. The minimum atomic E-state index is -2.36. The molecular weight excluding hydrogens is 670 g/mol. The number of methoxy groups -OCH3 is 1. The number of benzene rings is 2. The molecule has 1 aliphatic heterocycles. The quantitative estimate of drug-likeness (QED) is 0.125. The van der Waals surface area contributed by atoms with Crippen LogP contribution in [0.2, 0.25) is 0 Å². The average molecular weight is 714 g/mol. The van der Waals surface area contributed by atoms with Gasteiger partial charge in [-0.3, -0.25) is 24.0 Å². The number of ether oxygens (including phenoxy) is 3. The molecule has 16 nitrogen and oxygen atoms in total. The Hall–Kier alpha value is -4.45. The molecule has 0 bridgehead atoms. The number of phenols is 2. The first-order valence-corrected chi connectivity index (χ1v) is 16.5. The first-order chi connectivity index (χ1) is 23.9. The molecule has 5 rings (SSSR count). The zero-order valence-electron chi connectivity index (χ0n) is 28.8. The molecule has 0 radical (unpaired) electrons. The van der Waals surface area contributed by atoms with Crippen molar-refractivity contribution in [2.24, 2.45) is 11.7 Å². The summed E-state index contributed by atoms with van der Waals surface area (Å²) in [4.78, 5) is 66.0. The van der Waals surface area contributed by atoms with Crippen LogP contribution >= 0.6 is 0 Å². The highest BCUT2D eigenvalue weighted by Crippen LogP contribution is 2.52. The zero-order chi connectivity index (χ0) is 37.7. The van der Waals surface area contributed by atoms with Crippen molar-refractivity contribution in [2.75, 3.05) is 13.7 Å². The molecule has 9 N–H and O–H groups in total. The van der Waals surface area contributed by atoms with E-state index >= 15 is 0 Å². The number of aromatic hydroxyl groups is 2. The molecule has 1 saturated heterocycles. The van der Waals surface area contributed by atoms with Gasteiger partial charge in [0, 0.05) is 36.0 Å². The van der Waals surface area contributed by atoms with Gasteiger partial charge in [0.05, 0.1) is 48.1 Å². The number of rotatable bonds is 10. The third-order valence-corrected chi connectivity index (χ3v) is 9.86. The van der Waals surface area contributed by atoms with Crippen molar-refractivity contribution in [3.8, 4) is 17.2 Å². The maximum Gasteiger partial charge on any atom is 0.242 e. The van der Waals surface area contributed by atoms with Crippen LogP contribution in [0.1, 0.15) is 89.6 Å². The van der Waals surface area contributed by atoms with E-state index in [0.29, 0.717) is 0 Å². The number of aliphatic hydroxyl groups excluding tert-OH is 2. The number of hydrogen-bond donors (Lipinski definition) is 8. The molecule has 2 aromatic rings. The minimum Gasteiger partial charge on any atom is -0.507 e. The first kappa shape index (κ1) is 37.8. The maximum atomic E-state index is 13.9. The van der Waals surface area contributed by atoms with Crippen molar-refractivity contribution >= 4 is 29.2 Å². The molecule has 276 valence electrons. The van der Waals surface area contributed by atoms with Crippen molar-refractivity contribution in [1.29, 1.82) is 0 Å². The van der Waals surface area contributed by atoms with E-state index in [1.807, 2.05) is 0 Å². The summed E-state index contributed by atoms with van der Waals surface area (Å²) in [6.07, 6.45) is -6.42. The summed E-state index contributed by atoms with van der Waals surface area (Å²) in [5.74, 6) is -5.51. The van der Waals surface area contributed by atoms with Gasteiger partial charge in [0.15, 0.2) is 17.9 Å². The number of nitrogens with one attached hydrogen (secondary N) is 2. The van der Waals surface area contributed by atoms with Gasteiger partial charge in [0.1, 0.15) is 41.6 Å². The van der Waals surface area contributed by atoms with Gasteiger partial charge in [0.2, 0.25) is 17.6 Å². The van der Waals surface area contributed by atoms with Crippen LogP contribution in [0, 0.1) is 5.92 Å². The Bertz CT molecular complexity index is 1780. The lowest BCUT2D eigenvalue weighted by atomic mass is 9.72. The fourth-order valence-electron chi connectivity index (χ4n) is 6.84. The van der Waals surface area contributed by atoms with Crippen molar-refractivity contribution in [2.45, 2.75) is 95.3 Å². The molecular formula is C35H43N3O13. The van der Waals surface area contributed by atoms with Gasteiger partial charge in [-0.2, -0.15) is 0 Å². The van der Waals surface area contributed by atoms with E-state index in [4.69, 9.17) is 19.9 Å². The SMILES string of the molecule is COc1cccc2c1C(=O)c1c(O)c3c(c(O)c1C2=O)C[C@@](O)(C(=O)CO)C[C@@H]3O[C@H]1C[C@H](NC(=O)[C@H](C)NC(=O)[C@@H](N)C(C)C)[C@H](O)[C@H](C)O1. The van der Waals surface area contributed by atoms with E-state index in [2.05, 4.69) is 10.6 Å². The molecule has 3 aliphatic rings. The molecule has 1 heterocycles. The van der Waals surface area contributed by atoms with Crippen LogP contribution in [0.3, 0.4) is 0 Å². The minimum absolute atomic E-state index is 0.0525. The van der Waals surface area contributed by atoms with Crippen LogP contribution in [0.5, 0.6) is 17.2 Å². The molecule has 0 unspecified atom stereocenters. The predicted molar refractivity (Wildman–Crippen MR) is 176 cm³/mol. The lowest BCUT2D eigenvalue weighted by Crippen LogP contribution is -2.59. The largest absolute Gasteiger partial charge is 0.507 e. The summed E-state index contributed by atoms with van der Waals surface area (Å²) in [7, 11) is 1.30. The second kappa shape index (κ2) is 14.3. The number of fused-ring (bicyclic) bond motifs is 3. The molecule has 16 heteroatoms. The highest BCUT2D eigenvalue weighted by molar-refractivity contribution is 6.31. The van der Waals surface area contributed by atoms with Gasteiger partial charge < -0.3 is 56.1 Å². The Morgan fingerprint density at radius 2 is 1.73 bits per heavy atom. The Kier molecular flexibility index (Phi) is 10.6. The maximum absolute atomic E-state index is 13.9. The molecule has 2 amide bonds. The Morgan fingerprint density at radius 3 is 2.35 bits per heavy atom. The van der Waals surface area contributed by atoms with Crippen LogP contribution < -0.4 is 21.1 Å². The summed E-state index contributed by atoms with van der Waals surface area (Å²) in [5, 5.41) is 60.6. The van der Waals surface area contributed by atoms with E-state index < -0.39 is 120 Å². The number of carbonyl (C=O) groups excluding carboxylic acids is 5. The summed E-state index contributed by atoms with van der Waals surface area (Å²) in [5.41, 5.74) is 1.74. The second-order valence-electron chi connectivity index (χ2n) is 13.6. The topological polar surface area (TPSA) is 264 Å². The fourth-order valence-corrected chi connectivity index (χ4v) is 6.84. The molecule has 0 saturated carbocycles. The number of aliphatic hydroxyl groups is 3.